The van der Waals surface area contributed by atoms with E-state index in [1.54, 1.807) is 5.51 Å². The van der Waals surface area contributed by atoms with Crippen LogP contribution in [-0.2, 0) is 5.41 Å². The summed E-state index contributed by atoms with van der Waals surface area (Å²) in [4.78, 5) is 17.1. The van der Waals surface area contributed by atoms with E-state index in [2.05, 4.69) is 10.3 Å². The number of carbonyl (C=O) groups is 1. The number of rotatable bonds is 5. The van der Waals surface area contributed by atoms with Crippen LogP contribution in [0.25, 0.3) is 0 Å². The maximum atomic E-state index is 12.1. The van der Waals surface area contributed by atoms with Crippen LogP contribution in [0.4, 0.5) is 0 Å². The van der Waals surface area contributed by atoms with Gasteiger partial charge in [-0.15, -0.1) is 11.3 Å². The maximum absolute atomic E-state index is 12.1. The third-order valence-electron chi connectivity index (χ3n) is 2.66. The highest BCUT2D eigenvalue weighted by Crippen LogP contribution is 2.27. The molecule has 5 heteroatoms. The number of nitrogens with zero attached hydrogens (tertiary/aromatic N) is 1. The predicted molar refractivity (Wildman–Crippen MR) is 74.1 cm³/mol. The van der Waals surface area contributed by atoms with Crippen molar-refractivity contribution in [2.45, 2.75) is 52.0 Å². The summed E-state index contributed by atoms with van der Waals surface area (Å²) in [6, 6.07) is 0.0690. The first-order valence-corrected chi connectivity index (χ1v) is 7.10. The summed E-state index contributed by atoms with van der Waals surface area (Å²) in [6.07, 6.45) is 1.49. The molecule has 2 N–H and O–H groups in total. The van der Waals surface area contributed by atoms with Crippen LogP contribution >= 0.6 is 11.3 Å². The van der Waals surface area contributed by atoms with Gasteiger partial charge >= 0.3 is 0 Å². The fraction of sp³-hybridized carbons (Fsp3) is 0.692. The van der Waals surface area contributed by atoms with Gasteiger partial charge in [0, 0.05) is 18.1 Å². The zero-order chi connectivity index (χ0) is 13.8. The third-order valence-corrected chi connectivity index (χ3v) is 3.48. The van der Waals surface area contributed by atoms with E-state index in [9.17, 15) is 4.79 Å². The average molecular weight is 270 g/mol. The van der Waals surface area contributed by atoms with Crippen LogP contribution < -0.4 is 5.32 Å². The number of thiazole rings is 1. The molecule has 1 rings (SSSR count). The molecular weight excluding hydrogens is 248 g/mol. The van der Waals surface area contributed by atoms with Crippen LogP contribution in [0.15, 0.2) is 5.51 Å². The van der Waals surface area contributed by atoms with E-state index in [1.165, 1.54) is 11.3 Å². The molecule has 0 spiro atoms. The number of aliphatic hydroxyl groups excluding tert-OH is 1. The Hall–Kier alpha value is -0.940. The second-order valence-electron chi connectivity index (χ2n) is 5.52. The molecule has 0 bridgehead atoms. The molecule has 102 valence electrons. The molecule has 1 aromatic heterocycles. The fourth-order valence-electron chi connectivity index (χ4n) is 1.70. The molecule has 1 atom stereocenters. The molecular formula is C13H22N2O2S. The van der Waals surface area contributed by atoms with E-state index in [4.69, 9.17) is 5.11 Å². The summed E-state index contributed by atoms with van der Waals surface area (Å²) >= 11 is 1.38. The van der Waals surface area contributed by atoms with E-state index in [-0.39, 0.29) is 24.0 Å². The van der Waals surface area contributed by atoms with Crippen molar-refractivity contribution in [1.29, 1.82) is 0 Å². The van der Waals surface area contributed by atoms with Crippen LogP contribution in [0, 0.1) is 0 Å². The minimum Gasteiger partial charge on any atom is -0.396 e. The minimum atomic E-state index is -0.124. The van der Waals surface area contributed by atoms with E-state index in [0.717, 1.165) is 12.1 Å². The van der Waals surface area contributed by atoms with Crippen molar-refractivity contribution in [2.75, 3.05) is 6.61 Å². The molecule has 0 aromatic carbocycles. The van der Waals surface area contributed by atoms with Gasteiger partial charge in [0.15, 0.2) is 0 Å². The van der Waals surface area contributed by atoms with E-state index in [1.807, 2.05) is 27.7 Å². The summed E-state index contributed by atoms with van der Waals surface area (Å²) < 4.78 is 0. The number of nitrogens with one attached hydrogen (secondary N) is 1. The Morgan fingerprint density at radius 3 is 2.78 bits per heavy atom. The fourth-order valence-corrected chi connectivity index (χ4v) is 2.60. The Kier molecular flexibility index (Phi) is 5.28. The van der Waals surface area contributed by atoms with Crippen LogP contribution in [0.3, 0.4) is 0 Å². The molecule has 1 aromatic rings. The first-order valence-electron chi connectivity index (χ1n) is 6.22. The van der Waals surface area contributed by atoms with Crippen LogP contribution in [0.1, 0.15) is 55.9 Å². The first-order chi connectivity index (χ1) is 8.36. The van der Waals surface area contributed by atoms with Gasteiger partial charge < -0.3 is 10.4 Å². The molecule has 0 saturated heterocycles. The molecule has 0 radical (unpaired) electrons. The van der Waals surface area contributed by atoms with E-state index in [0.29, 0.717) is 11.3 Å². The van der Waals surface area contributed by atoms with Gasteiger partial charge in [0.25, 0.3) is 5.91 Å². The summed E-state index contributed by atoms with van der Waals surface area (Å²) in [5, 5.41) is 11.7. The summed E-state index contributed by atoms with van der Waals surface area (Å²) in [7, 11) is 0. The Labute approximate surface area is 112 Å². The predicted octanol–water partition coefficient (Wildman–Crippen LogP) is 2.33. The summed E-state index contributed by atoms with van der Waals surface area (Å²) in [5.74, 6) is -0.0622. The van der Waals surface area contributed by atoms with E-state index < -0.39 is 0 Å². The lowest BCUT2D eigenvalue weighted by molar-refractivity contribution is 0.0938. The number of amides is 1. The van der Waals surface area contributed by atoms with E-state index >= 15 is 0 Å². The molecule has 0 aliphatic rings. The van der Waals surface area contributed by atoms with Gasteiger partial charge in [-0.25, -0.2) is 4.98 Å². The van der Waals surface area contributed by atoms with Crippen molar-refractivity contribution in [1.82, 2.24) is 10.3 Å². The zero-order valence-electron chi connectivity index (χ0n) is 11.5. The number of hydrogen-bond acceptors (Lipinski definition) is 4. The minimum absolute atomic E-state index is 0.0622. The van der Waals surface area contributed by atoms with Crippen molar-refractivity contribution < 1.29 is 9.90 Å². The van der Waals surface area contributed by atoms with Crippen molar-refractivity contribution in [3.8, 4) is 0 Å². The molecule has 1 unspecified atom stereocenters. The maximum Gasteiger partial charge on any atom is 0.263 e. The van der Waals surface area contributed by atoms with Gasteiger partial charge in [-0.2, -0.15) is 0 Å². The Morgan fingerprint density at radius 2 is 2.22 bits per heavy atom. The molecule has 0 fully saturated rings. The second-order valence-corrected chi connectivity index (χ2v) is 6.38. The smallest absolute Gasteiger partial charge is 0.263 e. The number of hydrogen-bond donors (Lipinski definition) is 2. The monoisotopic (exact) mass is 270 g/mol. The van der Waals surface area contributed by atoms with Crippen molar-refractivity contribution in [2.24, 2.45) is 0 Å². The molecule has 1 heterocycles. The molecule has 4 nitrogen and oxygen atoms in total. The first kappa shape index (κ1) is 15.1. The third kappa shape index (κ3) is 4.07. The van der Waals surface area contributed by atoms with Gasteiger partial charge in [0.05, 0.1) is 11.2 Å². The van der Waals surface area contributed by atoms with Crippen molar-refractivity contribution in [3.05, 3.63) is 16.1 Å². The molecule has 0 aliphatic carbocycles. The highest BCUT2D eigenvalue weighted by atomic mass is 32.1. The van der Waals surface area contributed by atoms with Gasteiger partial charge in [-0.1, -0.05) is 20.8 Å². The van der Waals surface area contributed by atoms with Gasteiger partial charge in [0.1, 0.15) is 4.88 Å². The van der Waals surface area contributed by atoms with Crippen molar-refractivity contribution >= 4 is 17.2 Å². The lowest BCUT2D eigenvalue weighted by atomic mass is 9.91. The number of carbonyl (C=O) groups excluding carboxylic acids is 1. The van der Waals surface area contributed by atoms with Gasteiger partial charge in [0.2, 0.25) is 0 Å². The Bertz CT molecular complexity index is 396. The van der Waals surface area contributed by atoms with Gasteiger partial charge in [-0.05, 0) is 19.8 Å². The number of aliphatic hydroxyl groups is 1. The lowest BCUT2D eigenvalue weighted by Gasteiger charge is -2.18. The topological polar surface area (TPSA) is 62.2 Å². The molecule has 18 heavy (non-hydrogen) atoms. The van der Waals surface area contributed by atoms with Gasteiger partial charge in [-0.3, -0.25) is 4.79 Å². The lowest BCUT2D eigenvalue weighted by Crippen LogP contribution is -2.33. The Morgan fingerprint density at radius 1 is 1.56 bits per heavy atom. The highest BCUT2D eigenvalue weighted by molar-refractivity contribution is 7.11. The quantitative estimate of drug-likeness (QED) is 0.863. The second kappa shape index (κ2) is 6.29. The molecule has 1 amide bonds. The van der Waals surface area contributed by atoms with Crippen LogP contribution in [0.5, 0.6) is 0 Å². The van der Waals surface area contributed by atoms with Crippen molar-refractivity contribution in [3.63, 3.8) is 0 Å². The zero-order valence-corrected chi connectivity index (χ0v) is 12.3. The molecule has 0 aliphatic heterocycles. The summed E-state index contributed by atoms with van der Waals surface area (Å²) in [5.41, 5.74) is 2.44. The van der Waals surface area contributed by atoms with Crippen LogP contribution in [-0.4, -0.2) is 28.6 Å². The standard InChI is InChI=1S/C13H22N2O2S/c1-9(6-5-7-16)15-12(17)10-11(13(2,3)4)14-8-18-10/h8-9,16H,5-7H2,1-4H3,(H,15,17). The average Bonchev–Trinajstić information content (AvgIpc) is 2.74. The highest BCUT2D eigenvalue weighted by Gasteiger charge is 2.25. The normalized spacial score (nSPS) is 13.4. The molecule has 0 saturated carbocycles. The van der Waals surface area contributed by atoms with Crippen LogP contribution in [0.2, 0.25) is 0 Å². The largest absolute Gasteiger partial charge is 0.396 e. The SMILES string of the molecule is CC(CCCO)NC(=O)c1scnc1C(C)(C)C. The Balaban J connectivity index is 2.70. The summed E-state index contributed by atoms with van der Waals surface area (Å²) in [6.45, 7) is 8.26. The number of aromatic nitrogens is 1.